The normalized spacial score (nSPS) is 15.4. The van der Waals surface area contributed by atoms with Gasteiger partial charge in [-0.2, -0.15) is 5.10 Å². The summed E-state index contributed by atoms with van der Waals surface area (Å²) in [5.41, 5.74) is 4.22. The van der Waals surface area contributed by atoms with Crippen molar-refractivity contribution in [2.24, 2.45) is 0 Å². The second-order valence-corrected chi connectivity index (χ2v) is 7.12. The molecule has 7 heteroatoms. The third-order valence-corrected chi connectivity index (χ3v) is 5.06. The van der Waals surface area contributed by atoms with E-state index in [1.54, 1.807) is 11.8 Å². The SMILES string of the molecule is COc1ccc(-c2nn3c(c2C)NC(=O)CC3C(=O)Nc2ccc(C)cc2)cc1. The van der Waals surface area contributed by atoms with Gasteiger partial charge in [0.25, 0.3) is 0 Å². The molecule has 1 aliphatic heterocycles. The highest BCUT2D eigenvalue weighted by atomic mass is 16.5. The highest BCUT2D eigenvalue weighted by molar-refractivity contribution is 6.02. The van der Waals surface area contributed by atoms with E-state index >= 15 is 0 Å². The number of hydrogen-bond donors (Lipinski definition) is 2. The molecule has 0 aliphatic carbocycles. The Balaban J connectivity index is 1.67. The summed E-state index contributed by atoms with van der Waals surface area (Å²) >= 11 is 0. The molecule has 7 nitrogen and oxygen atoms in total. The Labute approximate surface area is 168 Å². The Morgan fingerprint density at radius 3 is 2.48 bits per heavy atom. The largest absolute Gasteiger partial charge is 0.497 e. The van der Waals surface area contributed by atoms with Gasteiger partial charge in [0.1, 0.15) is 17.6 Å². The number of anilines is 2. The number of carbonyl (C=O) groups is 2. The molecule has 1 aromatic heterocycles. The molecule has 4 rings (SSSR count). The van der Waals surface area contributed by atoms with Crippen LogP contribution in [0, 0.1) is 13.8 Å². The van der Waals surface area contributed by atoms with Gasteiger partial charge in [0.15, 0.2) is 0 Å². The standard InChI is InChI=1S/C22H22N4O3/c1-13-4-8-16(9-5-13)23-22(28)18-12-19(27)24-21-14(2)20(25-26(18)21)15-6-10-17(29-3)11-7-15/h4-11,18H,12H2,1-3H3,(H,23,28)(H,24,27). The Morgan fingerprint density at radius 2 is 1.83 bits per heavy atom. The molecule has 2 heterocycles. The summed E-state index contributed by atoms with van der Waals surface area (Å²) in [5, 5.41) is 10.4. The minimum Gasteiger partial charge on any atom is -0.497 e. The maximum Gasteiger partial charge on any atom is 0.249 e. The summed E-state index contributed by atoms with van der Waals surface area (Å²) in [4.78, 5) is 25.2. The molecule has 29 heavy (non-hydrogen) atoms. The van der Waals surface area contributed by atoms with Crippen molar-refractivity contribution in [2.75, 3.05) is 17.7 Å². The number of carbonyl (C=O) groups excluding carboxylic acids is 2. The maximum absolute atomic E-state index is 12.9. The number of aromatic nitrogens is 2. The number of methoxy groups -OCH3 is 1. The van der Waals surface area contributed by atoms with Crippen molar-refractivity contribution < 1.29 is 14.3 Å². The van der Waals surface area contributed by atoms with Gasteiger partial charge in [-0.05, 0) is 50.2 Å². The number of nitrogens with zero attached hydrogens (tertiary/aromatic N) is 2. The lowest BCUT2D eigenvalue weighted by Crippen LogP contribution is -2.35. The molecule has 0 bridgehead atoms. The smallest absolute Gasteiger partial charge is 0.249 e. The molecule has 0 spiro atoms. The molecule has 0 saturated carbocycles. The average Bonchev–Trinajstić information content (AvgIpc) is 3.05. The molecule has 2 amide bonds. The van der Waals surface area contributed by atoms with Crippen LogP contribution in [0.25, 0.3) is 11.3 Å². The summed E-state index contributed by atoms with van der Waals surface area (Å²) in [6, 6.07) is 14.3. The van der Waals surface area contributed by atoms with Gasteiger partial charge in [0.05, 0.1) is 19.2 Å². The molecular formula is C22H22N4O3. The van der Waals surface area contributed by atoms with E-state index in [0.717, 1.165) is 28.1 Å². The first kappa shape index (κ1) is 18.7. The fourth-order valence-electron chi connectivity index (χ4n) is 3.43. The third kappa shape index (κ3) is 3.59. The van der Waals surface area contributed by atoms with Crippen LogP contribution in [-0.4, -0.2) is 28.7 Å². The first-order valence-electron chi connectivity index (χ1n) is 9.37. The van der Waals surface area contributed by atoms with Crippen molar-refractivity contribution in [1.82, 2.24) is 9.78 Å². The van der Waals surface area contributed by atoms with E-state index in [9.17, 15) is 9.59 Å². The molecule has 0 saturated heterocycles. The summed E-state index contributed by atoms with van der Waals surface area (Å²) in [7, 11) is 1.61. The zero-order valence-corrected chi connectivity index (χ0v) is 16.5. The number of aryl methyl sites for hydroxylation is 1. The maximum atomic E-state index is 12.9. The van der Waals surface area contributed by atoms with Gasteiger partial charge in [-0.25, -0.2) is 4.68 Å². The van der Waals surface area contributed by atoms with E-state index < -0.39 is 6.04 Å². The van der Waals surface area contributed by atoms with Crippen LogP contribution in [0.15, 0.2) is 48.5 Å². The van der Waals surface area contributed by atoms with E-state index in [1.807, 2.05) is 62.4 Å². The van der Waals surface area contributed by atoms with Crippen molar-refractivity contribution >= 4 is 23.3 Å². The van der Waals surface area contributed by atoms with Gasteiger partial charge < -0.3 is 15.4 Å². The minimum absolute atomic E-state index is 0.0356. The molecule has 2 aromatic carbocycles. The molecular weight excluding hydrogens is 368 g/mol. The summed E-state index contributed by atoms with van der Waals surface area (Å²) in [6.45, 7) is 3.87. The predicted octanol–water partition coefficient (Wildman–Crippen LogP) is 3.70. The average molecular weight is 390 g/mol. The fraction of sp³-hybridized carbons (Fsp3) is 0.227. The van der Waals surface area contributed by atoms with Crippen LogP contribution in [0.3, 0.4) is 0 Å². The first-order chi connectivity index (χ1) is 14.0. The van der Waals surface area contributed by atoms with Gasteiger partial charge in [0.2, 0.25) is 11.8 Å². The number of ether oxygens (including phenoxy) is 1. The Kier molecular flexibility index (Phi) is 4.80. The highest BCUT2D eigenvalue weighted by Crippen LogP contribution is 2.35. The van der Waals surface area contributed by atoms with Crippen molar-refractivity contribution in [2.45, 2.75) is 26.3 Å². The highest BCUT2D eigenvalue weighted by Gasteiger charge is 2.34. The zero-order chi connectivity index (χ0) is 20.5. The Hall–Kier alpha value is -3.61. The monoisotopic (exact) mass is 390 g/mol. The van der Waals surface area contributed by atoms with Crippen LogP contribution < -0.4 is 15.4 Å². The van der Waals surface area contributed by atoms with Crippen molar-refractivity contribution in [3.63, 3.8) is 0 Å². The number of fused-ring (bicyclic) bond motifs is 1. The van der Waals surface area contributed by atoms with Gasteiger partial charge in [-0.1, -0.05) is 17.7 Å². The number of nitrogens with one attached hydrogen (secondary N) is 2. The van der Waals surface area contributed by atoms with E-state index in [0.29, 0.717) is 11.5 Å². The lowest BCUT2D eigenvalue weighted by Gasteiger charge is -2.24. The summed E-state index contributed by atoms with van der Waals surface area (Å²) in [6.07, 6.45) is 0.0356. The number of benzene rings is 2. The van der Waals surface area contributed by atoms with Crippen LogP contribution in [0.2, 0.25) is 0 Å². The van der Waals surface area contributed by atoms with Crippen LogP contribution in [0.5, 0.6) is 5.75 Å². The van der Waals surface area contributed by atoms with E-state index in [-0.39, 0.29) is 18.2 Å². The Morgan fingerprint density at radius 1 is 1.14 bits per heavy atom. The molecule has 0 fully saturated rings. The van der Waals surface area contributed by atoms with Crippen molar-refractivity contribution in [3.05, 3.63) is 59.7 Å². The molecule has 0 radical (unpaired) electrons. The van der Waals surface area contributed by atoms with Gasteiger partial charge in [-0.15, -0.1) is 0 Å². The van der Waals surface area contributed by atoms with E-state index in [1.165, 1.54) is 0 Å². The van der Waals surface area contributed by atoms with Gasteiger partial charge in [0, 0.05) is 16.8 Å². The lowest BCUT2D eigenvalue weighted by atomic mass is 10.1. The molecule has 2 N–H and O–H groups in total. The van der Waals surface area contributed by atoms with Gasteiger partial charge in [-0.3, -0.25) is 9.59 Å². The van der Waals surface area contributed by atoms with Crippen LogP contribution in [0.4, 0.5) is 11.5 Å². The topological polar surface area (TPSA) is 85.2 Å². The van der Waals surface area contributed by atoms with E-state index in [4.69, 9.17) is 4.74 Å². The predicted molar refractivity (Wildman–Crippen MR) is 111 cm³/mol. The van der Waals surface area contributed by atoms with E-state index in [2.05, 4.69) is 15.7 Å². The lowest BCUT2D eigenvalue weighted by molar-refractivity contribution is -0.125. The van der Waals surface area contributed by atoms with Crippen LogP contribution >= 0.6 is 0 Å². The molecule has 1 atom stereocenters. The molecule has 1 aliphatic rings. The quantitative estimate of drug-likeness (QED) is 0.711. The second-order valence-electron chi connectivity index (χ2n) is 7.12. The molecule has 148 valence electrons. The van der Waals surface area contributed by atoms with Crippen LogP contribution in [0.1, 0.15) is 23.6 Å². The fourth-order valence-corrected chi connectivity index (χ4v) is 3.43. The zero-order valence-electron chi connectivity index (χ0n) is 16.5. The second kappa shape index (κ2) is 7.43. The summed E-state index contributed by atoms with van der Waals surface area (Å²) in [5.74, 6) is 0.828. The van der Waals surface area contributed by atoms with Crippen molar-refractivity contribution in [3.8, 4) is 17.0 Å². The number of rotatable bonds is 4. The summed E-state index contributed by atoms with van der Waals surface area (Å²) < 4.78 is 6.82. The van der Waals surface area contributed by atoms with Gasteiger partial charge >= 0.3 is 0 Å². The third-order valence-electron chi connectivity index (χ3n) is 5.06. The first-order valence-corrected chi connectivity index (χ1v) is 9.37. The number of amides is 2. The minimum atomic E-state index is -0.717. The van der Waals surface area contributed by atoms with Crippen molar-refractivity contribution in [1.29, 1.82) is 0 Å². The molecule has 1 unspecified atom stereocenters. The Bertz CT molecular complexity index is 1070. The molecule has 3 aromatic rings. The number of hydrogen-bond acceptors (Lipinski definition) is 4. The van der Waals surface area contributed by atoms with Crippen LogP contribution in [-0.2, 0) is 9.59 Å².